The van der Waals surface area contributed by atoms with Gasteiger partial charge in [0.25, 0.3) is 0 Å². The molecule has 0 spiro atoms. The summed E-state index contributed by atoms with van der Waals surface area (Å²) in [5, 5.41) is 13.1. The van der Waals surface area contributed by atoms with E-state index < -0.39 is 6.09 Å². The Morgan fingerprint density at radius 2 is 2.17 bits per heavy atom. The highest BCUT2D eigenvalue weighted by Gasteiger charge is 2.27. The molecule has 0 aliphatic carbocycles. The van der Waals surface area contributed by atoms with Crippen LogP contribution < -0.4 is 4.74 Å². The third-order valence-electron chi connectivity index (χ3n) is 4.00. The number of likely N-dealkylation sites (tertiary alicyclic amines) is 1. The molecule has 1 aliphatic rings. The first-order chi connectivity index (χ1) is 11.7. The molecule has 8 nitrogen and oxygen atoms in total. The minimum absolute atomic E-state index is 0.129. The largest absolute Gasteiger partial charge is 0.487 e. The highest BCUT2D eigenvalue weighted by molar-refractivity contribution is 5.65. The van der Waals surface area contributed by atoms with Gasteiger partial charge >= 0.3 is 6.09 Å². The van der Waals surface area contributed by atoms with Gasteiger partial charge in [-0.3, -0.25) is 4.98 Å². The monoisotopic (exact) mass is 325 g/mol. The van der Waals surface area contributed by atoms with Gasteiger partial charge in [-0.1, -0.05) is 0 Å². The summed E-state index contributed by atoms with van der Waals surface area (Å²) >= 11 is 0. The van der Waals surface area contributed by atoms with Crippen LogP contribution in [-0.4, -0.2) is 54.9 Å². The van der Waals surface area contributed by atoms with E-state index in [1.165, 1.54) is 4.90 Å². The molecule has 1 atom stereocenters. The predicted octanol–water partition coefficient (Wildman–Crippen LogP) is 1.92. The topological polar surface area (TPSA) is 92.8 Å². The quantitative estimate of drug-likeness (QED) is 0.791. The number of hydrogen-bond acceptors (Lipinski definition) is 5. The van der Waals surface area contributed by atoms with E-state index in [0.29, 0.717) is 25.3 Å². The van der Waals surface area contributed by atoms with Crippen LogP contribution in [0.2, 0.25) is 0 Å². The highest BCUT2D eigenvalue weighted by atomic mass is 16.5. The molecule has 3 aromatic heterocycles. The van der Waals surface area contributed by atoms with Crippen LogP contribution in [0.1, 0.15) is 6.42 Å². The van der Waals surface area contributed by atoms with Crippen LogP contribution in [0, 0.1) is 0 Å². The van der Waals surface area contributed by atoms with Gasteiger partial charge < -0.3 is 14.7 Å². The van der Waals surface area contributed by atoms with Gasteiger partial charge in [-0.25, -0.2) is 14.3 Å². The van der Waals surface area contributed by atoms with Gasteiger partial charge in [0.1, 0.15) is 11.9 Å². The molecule has 0 radical (unpaired) electrons. The summed E-state index contributed by atoms with van der Waals surface area (Å²) in [7, 11) is 0. The lowest BCUT2D eigenvalue weighted by Crippen LogP contribution is -2.29. The third kappa shape index (κ3) is 2.73. The molecular formula is C16H15N5O3. The van der Waals surface area contributed by atoms with Crippen LogP contribution in [0.4, 0.5) is 4.79 Å². The fourth-order valence-corrected chi connectivity index (χ4v) is 2.75. The molecule has 0 bridgehead atoms. The first kappa shape index (κ1) is 14.4. The number of ether oxygens (including phenoxy) is 1. The average molecular weight is 325 g/mol. The maximum atomic E-state index is 10.9. The minimum Gasteiger partial charge on any atom is -0.487 e. The average Bonchev–Trinajstić information content (AvgIpc) is 3.24. The molecule has 8 heteroatoms. The molecule has 24 heavy (non-hydrogen) atoms. The van der Waals surface area contributed by atoms with Crippen molar-refractivity contribution in [2.24, 2.45) is 0 Å². The maximum Gasteiger partial charge on any atom is 0.407 e. The fraction of sp³-hybridized carbons (Fsp3) is 0.250. The van der Waals surface area contributed by atoms with Gasteiger partial charge in [0.05, 0.1) is 24.6 Å². The van der Waals surface area contributed by atoms with Gasteiger partial charge in [-0.15, -0.1) is 0 Å². The van der Waals surface area contributed by atoms with Gasteiger partial charge in [0.15, 0.2) is 5.65 Å². The van der Waals surface area contributed by atoms with Crippen molar-refractivity contribution in [2.45, 2.75) is 12.5 Å². The minimum atomic E-state index is -0.906. The van der Waals surface area contributed by atoms with E-state index in [9.17, 15) is 4.79 Å². The Balaban J connectivity index is 1.47. The summed E-state index contributed by atoms with van der Waals surface area (Å²) in [4.78, 5) is 21.0. The summed E-state index contributed by atoms with van der Waals surface area (Å²) in [6, 6.07) is 5.51. The summed E-state index contributed by atoms with van der Waals surface area (Å²) in [6.45, 7) is 0.887. The van der Waals surface area contributed by atoms with E-state index in [1.807, 2.05) is 24.4 Å². The van der Waals surface area contributed by atoms with Crippen molar-refractivity contribution in [3.8, 4) is 17.0 Å². The maximum absolute atomic E-state index is 10.9. The molecule has 0 aromatic carbocycles. The number of aromatic nitrogens is 4. The Kier molecular flexibility index (Phi) is 3.49. The van der Waals surface area contributed by atoms with E-state index in [0.717, 1.165) is 16.9 Å². The number of pyridine rings is 1. The van der Waals surface area contributed by atoms with Crippen LogP contribution in [0.5, 0.6) is 5.75 Å². The Hall–Kier alpha value is -3.16. The molecule has 1 saturated heterocycles. The van der Waals surface area contributed by atoms with E-state index in [2.05, 4.69) is 15.1 Å². The van der Waals surface area contributed by atoms with Crippen molar-refractivity contribution in [2.75, 3.05) is 13.1 Å². The molecule has 4 rings (SSSR count). The third-order valence-corrected chi connectivity index (χ3v) is 4.00. The summed E-state index contributed by atoms with van der Waals surface area (Å²) in [5.41, 5.74) is 2.41. The smallest absolute Gasteiger partial charge is 0.407 e. The van der Waals surface area contributed by atoms with Gasteiger partial charge in [0, 0.05) is 37.0 Å². The van der Waals surface area contributed by atoms with Crippen molar-refractivity contribution in [1.82, 2.24) is 24.5 Å². The molecule has 4 heterocycles. The first-order valence-electron chi connectivity index (χ1n) is 7.59. The summed E-state index contributed by atoms with van der Waals surface area (Å²) in [5.74, 6) is 0.629. The fourth-order valence-electron chi connectivity index (χ4n) is 2.75. The zero-order valence-electron chi connectivity index (χ0n) is 12.7. The molecule has 1 unspecified atom stereocenters. The van der Waals surface area contributed by atoms with E-state index in [-0.39, 0.29) is 6.10 Å². The van der Waals surface area contributed by atoms with E-state index >= 15 is 0 Å². The molecule has 122 valence electrons. The number of nitrogens with zero attached hydrogens (tertiary/aromatic N) is 5. The van der Waals surface area contributed by atoms with Crippen molar-refractivity contribution in [1.29, 1.82) is 0 Å². The SMILES string of the molecule is O=C(O)N1CCC(Oc2ccc(-c3cnc4ccnn4c3)nc2)C1. The van der Waals surface area contributed by atoms with Gasteiger partial charge in [0.2, 0.25) is 0 Å². The van der Waals surface area contributed by atoms with Crippen molar-refractivity contribution in [3.05, 3.63) is 43.0 Å². The molecule has 1 N–H and O–H groups in total. The summed E-state index contributed by atoms with van der Waals surface area (Å²) in [6.07, 6.45) is 6.61. The lowest BCUT2D eigenvalue weighted by atomic mass is 10.2. The van der Waals surface area contributed by atoms with Gasteiger partial charge in [-0.2, -0.15) is 5.10 Å². The molecule has 3 aromatic rings. The van der Waals surface area contributed by atoms with Crippen LogP contribution >= 0.6 is 0 Å². The second-order valence-corrected chi connectivity index (χ2v) is 5.61. The van der Waals surface area contributed by atoms with E-state index in [4.69, 9.17) is 9.84 Å². The number of rotatable bonds is 3. The number of fused-ring (bicyclic) bond motifs is 1. The second-order valence-electron chi connectivity index (χ2n) is 5.61. The van der Waals surface area contributed by atoms with Crippen LogP contribution in [0.3, 0.4) is 0 Å². The van der Waals surface area contributed by atoms with Crippen molar-refractivity contribution < 1.29 is 14.6 Å². The summed E-state index contributed by atoms with van der Waals surface area (Å²) < 4.78 is 7.50. The lowest BCUT2D eigenvalue weighted by molar-refractivity contribution is 0.145. The zero-order valence-corrected chi connectivity index (χ0v) is 12.7. The standard InChI is InChI=1S/C16H15N5O3/c22-16(23)20-6-4-13(10-20)24-12-1-2-14(17-8-12)11-7-18-15-3-5-19-21(15)9-11/h1-3,5,7-9,13H,4,6,10H2,(H,22,23). The van der Waals surface area contributed by atoms with E-state index in [1.54, 1.807) is 23.1 Å². The van der Waals surface area contributed by atoms with Crippen molar-refractivity contribution in [3.63, 3.8) is 0 Å². The second kappa shape index (κ2) is 5.80. The number of hydrogen-bond donors (Lipinski definition) is 1. The van der Waals surface area contributed by atoms with Gasteiger partial charge in [-0.05, 0) is 12.1 Å². The normalized spacial score (nSPS) is 17.3. The van der Waals surface area contributed by atoms with Crippen LogP contribution in [-0.2, 0) is 0 Å². The number of carbonyl (C=O) groups is 1. The molecule has 1 fully saturated rings. The molecule has 1 amide bonds. The Morgan fingerprint density at radius 3 is 2.92 bits per heavy atom. The number of amides is 1. The van der Waals surface area contributed by atoms with Crippen LogP contribution in [0.15, 0.2) is 43.0 Å². The molecule has 1 aliphatic heterocycles. The zero-order chi connectivity index (χ0) is 16.5. The Labute approximate surface area is 137 Å². The lowest BCUT2D eigenvalue weighted by Gasteiger charge is -2.14. The number of carboxylic acid groups (broad SMARTS) is 1. The Morgan fingerprint density at radius 1 is 1.25 bits per heavy atom. The predicted molar refractivity (Wildman–Crippen MR) is 84.8 cm³/mol. The molecule has 0 saturated carbocycles. The highest BCUT2D eigenvalue weighted by Crippen LogP contribution is 2.21. The molecular weight excluding hydrogens is 310 g/mol. The van der Waals surface area contributed by atoms with Crippen molar-refractivity contribution >= 4 is 11.7 Å². The first-order valence-corrected chi connectivity index (χ1v) is 7.59. The Bertz CT molecular complexity index is 877. The van der Waals surface area contributed by atoms with Crippen LogP contribution in [0.25, 0.3) is 16.9 Å².